The molecule has 0 amide bonds. The van der Waals surface area contributed by atoms with Crippen molar-refractivity contribution in [1.29, 1.82) is 0 Å². The molecule has 0 bridgehead atoms. The predicted octanol–water partition coefficient (Wildman–Crippen LogP) is 0.475. The van der Waals surface area contributed by atoms with E-state index in [1.807, 2.05) is 21.0 Å². The van der Waals surface area contributed by atoms with Crippen LogP contribution >= 0.6 is 0 Å². The molecule has 0 radical (unpaired) electrons. The van der Waals surface area contributed by atoms with Crippen molar-refractivity contribution < 1.29 is 9.84 Å². The molecule has 0 aromatic rings. The largest absolute Gasteiger partial charge is 0.389 e. The average molecular weight is 173 g/mol. The number of likely N-dealkylation sites (N-methyl/N-ethyl adjacent to an activating group) is 1. The lowest BCUT2D eigenvalue weighted by Crippen LogP contribution is -2.52. The Kier molecular flexibility index (Phi) is 3.09. The molecule has 3 nitrogen and oxygen atoms in total. The third-order valence-corrected chi connectivity index (χ3v) is 2.56. The number of rotatable bonds is 1. The lowest BCUT2D eigenvalue weighted by molar-refractivity contribution is -0.134. The molecule has 4 unspecified atom stereocenters. The van der Waals surface area contributed by atoms with Crippen LogP contribution in [0.25, 0.3) is 0 Å². The van der Waals surface area contributed by atoms with E-state index < -0.39 is 0 Å². The zero-order chi connectivity index (χ0) is 9.30. The Hall–Kier alpha value is -0.120. The van der Waals surface area contributed by atoms with Crippen molar-refractivity contribution >= 4 is 0 Å². The van der Waals surface area contributed by atoms with Crippen LogP contribution in [0.4, 0.5) is 0 Å². The number of hydrogen-bond acceptors (Lipinski definition) is 3. The molecule has 3 heteroatoms. The second-order valence-corrected chi connectivity index (χ2v) is 3.91. The summed E-state index contributed by atoms with van der Waals surface area (Å²) in [5.41, 5.74) is 0. The van der Waals surface area contributed by atoms with Gasteiger partial charge in [0.15, 0.2) is 0 Å². The molecule has 12 heavy (non-hydrogen) atoms. The molecule has 0 aromatic heterocycles. The fourth-order valence-corrected chi connectivity index (χ4v) is 1.81. The Morgan fingerprint density at radius 2 is 1.92 bits per heavy atom. The molecule has 1 aliphatic rings. The maximum Gasteiger partial charge on any atom is 0.0954 e. The minimum Gasteiger partial charge on any atom is -0.389 e. The first-order chi connectivity index (χ1) is 5.52. The van der Waals surface area contributed by atoms with Gasteiger partial charge in [0.05, 0.1) is 18.3 Å². The van der Waals surface area contributed by atoms with E-state index >= 15 is 0 Å². The van der Waals surface area contributed by atoms with Gasteiger partial charge < -0.3 is 14.7 Å². The highest BCUT2D eigenvalue weighted by Gasteiger charge is 2.34. The van der Waals surface area contributed by atoms with E-state index in [0.29, 0.717) is 0 Å². The SMILES string of the molecule is CC1CC(N(C)C)C(O)C(C)O1. The van der Waals surface area contributed by atoms with Gasteiger partial charge in [0.1, 0.15) is 0 Å². The van der Waals surface area contributed by atoms with Gasteiger partial charge in [-0.2, -0.15) is 0 Å². The maximum atomic E-state index is 9.76. The van der Waals surface area contributed by atoms with Crippen LogP contribution in [0.2, 0.25) is 0 Å². The number of aliphatic hydroxyl groups excluding tert-OH is 1. The van der Waals surface area contributed by atoms with Crippen molar-refractivity contribution in [3.8, 4) is 0 Å². The van der Waals surface area contributed by atoms with Crippen molar-refractivity contribution in [1.82, 2.24) is 4.90 Å². The summed E-state index contributed by atoms with van der Waals surface area (Å²) in [7, 11) is 4.00. The summed E-state index contributed by atoms with van der Waals surface area (Å²) in [6.07, 6.45) is 0.784. The normalized spacial score (nSPS) is 43.5. The Morgan fingerprint density at radius 3 is 2.42 bits per heavy atom. The maximum absolute atomic E-state index is 9.76. The van der Waals surface area contributed by atoms with Crippen LogP contribution < -0.4 is 0 Å². The fourth-order valence-electron chi connectivity index (χ4n) is 1.81. The van der Waals surface area contributed by atoms with E-state index in [1.54, 1.807) is 0 Å². The van der Waals surface area contributed by atoms with E-state index in [-0.39, 0.29) is 24.4 Å². The monoisotopic (exact) mass is 173 g/mol. The van der Waals surface area contributed by atoms with Gasteiger partial charge in [0.25, 0.3) is 0 Å². The molecule has 1 aliphatic heterocycles. The molecular weight excluding hydrogens is 154 g/mol. The Morgan fingerprint density at radius 1 is 1.33 bits per heavy atom. The summed E-state index contributed by atoms with van der Waals surface area (Å²) < 4.78 is 5.50. The van der Waals surface area contributed by atoms with Gasteiger partial charge >= 0.3 is 0 Å². The average Bonchev–Trinajstić information content (AvgIpc) is 1.96. The van der Waals surface area contributed by atoms with Gasteiger partial charge in [-0.05, 0) is 34.4 Å². The molecule has 0 spiro atoms. The minimum atomic E-state index is -0.351. The smallest absolute Gasteiger partial charge is 0.0954 e. The molecule has 1 heterocycles. The summed E-state index contributed by atoms with van der Waals surface area (Å²) in [6, 6.07) is 0.240. The van der Waals surface area contributed by atoms with E-state index in [0.717, 1.165) is 6.42 Å². The van der Waals surface area contributed by atoms with E-state index in [1.165, 1.54) is 0 Å². The van der Waals surface area contributed by atoms with Crippen LogP contribution in [0.1, 0.15) is 20.3 Å². The van der Waals surface area contributed by atoms with Gasteiger partial charge in [0, 0.05) is 6.04 Å². The van der Waals surface area contributed by atoms with Crippen molar-refractivity contribution in [3.05, 3.63) is 0 Å². The van der Waals surface area contributed by atoms with Crippen molar-refractivity contribution in [2.75, 3.05) is 14.1 Å². The van der Waals surface area contributed by atoms with E-state index in [2.05, 4.69) is 11.8 Å². The molecule has 0 aliphatic carbocycles. The minimum absolute atomic E-state index is 0.0406. The molecule has 0 saturated carbocycles. The van der Waals surface area contributed by atoms with Crippen molar-refractivity contribution in [2.24, 2.45) is 0 Å². The lowest BCUT2D eigenvalue weighted by atomic mass is 9.96. The first kappa shape index (κ1) is 9.96. The van der Waals surface area contributed by atoms with Crippen LogP contribution in [0, 0.1) is 0 Å². The summed E-state index contributed by atoms with van der Waals surface area (Å²) in [5, 5.41) is 9.76. The highest BCUT2D eigenvalue weighted by Crippen LogP contribution is 2.22. The zero-order valence-electron chi connectivity index (χ0n) is 8.32. The highest BCUT2D eigenvalue weighted by molar-refractivity contribution is 4.86. The highest BCUT2D eigenvalue weighted by atomic mass is 16.5. The summed E-state index contributed by atoms with van der Waals surface area (Å²) in [6.45, 7) is 3.98. The van der Waals surface area contributed by atoms with Gasteiger partial charge in [-0.3, -0.25) is 0 Å². The number of aliphatic hydroxyl groups is 1. The second kappa shape index (κ2) is 3.73. The Bertz CT molecular complexity index is 149. The van der Waals surface area contributed by atoms with Crippen LogP contribution in [0.5, 0.6) is 0 Å². The number of nitrogens with zero attached hydrogens (tertiary/aromatic N) is 1. The van der Waals surface area contributed by atoms with Crippen molar-refractivity contribution in [2.45, 2.75) is 44.6 Å². The summed E-state index contributed by atoms with van der Waals surface area (Å²) in [4.78, 5) is 2.07. The molecule has 1 N–H and O–H groups in total. The quantitative estimate of drug-likeness (QED) is 0.626. The van der Waals surface area contributed by atoms with Crippen LogP contribution in [0.15, 0.2) is 0 Å². The molecule has 1 saturated heterocycles. The fraction of sp³-hybridized carbons (Fsp3) is 1.00. The van der Waals surface area contributed by atoms with Gasteiger partial charge in [-0.15, -0.1) is 0 Å². The van der Waals surface area contributed by atoms with E-state index in [9.17, 15) is 5.11 Å². The standard InChI is InChI=1S/C9H19NO2/c1-6-5-8(10(3)4)9(11)7(2)12-6/h6-9,11H,5H2,1-4H3. The predicted molar refractivity (Wildman–Crippen MR) is 48.1 cm³/mol. The van der Waals surface area contributed by atoms with E-state index in [4.69, 9.17) is 4.74 Å². The van der Waals surface area contributed by atoms with Gasteiger partial charge in [-0.25, -0.2) is 0 Å². The first-order valence-electron chi connectivity index (χ1n) is 4.52. The molecule has 72 valence electrons. The van der Waals surface area contributed by atoms with Crippen molar-refractivity contribution in [3.63, 3.8) is 0 Å². The zero-order valence-corrected chi connectivity index (χ0v) is 8.32. The summed E-state index contributed by atoms with van der Waals surface area (Å²) in [5.74, 6) is 0. The van der Waals surface area contributed by atoms with Crippen LogP contribution in [-0.4, -0.2) is 48.5 Å². The van der Waals surface area contributed by atoms with Gasteiger partial charge in [-0.1, -0.05) is 0 Å². The first-order valence-corrected chi connectivity index (χ1v) is 4.52. The van der Waals surface area contributed by atoms with Crippen LogP contribution in [-0.2, 0) is 4.74 Å². The van der Waals surface area contributed by atoms with Crippen LogP contribution in [0.3, 0.4) is 0 Å². The Labute approximate surface area is 74.3 Å². The Balaban J connectivity index is 2.60. The molecule has 1 rings (SSSR count). The topological polar surface area (TPSA) is 32.7 Å². The number of ether oxygens (including phenoxy) is 1. The molecule has 4 atom stereocenters. The second-order valence-electron chi connectivity index (χ2n) is 3.91. The molecule has 0 aromatic carbocycles. The number of hydrogen-bond donors (Lipinski definition) is 1. The lowest BCUT2D eigenvalue weighted by Gasteiger charge is -2.40. The molecular formula is C9H19NO2. The summed E-state index contributed by atoms with van der Waals surface area (Å²) >= 11 is 0. The third kappa shape index (κ3) is 1.97. The third-order valence-electron chi connectivity index (χ3n) is 2.56. The van der Waals surface area contributed by atoms with Gasteiger partial charge in [0.2, 0.25) is 0 Å². The molecule has 1 fully saturated rings.